The molecule has 94 valence electrons. The van der Waals surface area contributed by atoms with Crippen molar-refractivity contribution < 1.29 is 14.3 Å². The van der Waals surface area contributed by atoms with E-state index in [4.69, 9.17) is 9.47 Å². The number of hydrogen-bond donors (Lipinski definition) is 0. The Morgan fingerprint density at radius 1 is 1.06 bits per heavy atom. The largest absolute Gasteiger partial charge is 0.385 e. The third-order valence-corrected chi connectivity index (χ3v) is 3.08. The van der Waals surface area contributed by atoms with Gasteiger partial charge < -0.3 is 14.3 Å². The van der Waals surface area contributed by atoms with Crippen LogP contribution in [0, 0.1) is 0 Å². The molecule has 0 aliphatic carbocycles. The average molecular weight is 236 g/mol. The molecule has 0 radical (unpaired) electrons. The Morgan fingerprint density at radius 3 is 2.00 bits per heavy atom. The van der Waals surface area contributed by atoms with Crippen molar-refractivity contribution >= 4 is 6.29 Å². The Hall–Kier alpha value is -1.19. The number of aldehydes is 1. The summed E-state index contributed by atoms with van der Waals surface area (Å²) in [5, 5.41) is 0. The number of benzene rings is 1. The van der Waals surface area contributed by atoms with E-state index in [1.165, 1.54) is 0 Å². The van der Waals surface area contributed by atoms with Crippen molar-refractivity contribution in [2.75, 3.05) is 27.4 Å². The second-order valence-electron chi connectivity index (χ2n) is 4.13. The topological polar surface area (TPSA) is 35.5 Å². The lowest BCUT2D eigenvalue weighted by atomic mass is 9.76. The second kappa shape index (κ2) is 7.20. The van der Waals surface area contributed by atoms with E-state index in [1.54, 1.807) is 14.2 Å². The Labute approximate surface area is 103 Å². The van der Waals surface area contributed by atoms with E-state index < -0.39 is 5.41 Å². The number of rotatable bonds is 8. The minimum Gasteiger partial charge on any atom is -0.385 e. The van der Waals surface area contributed by atoms with Gasteiger partial charge in [-0.1, -0.05) is 30.3 Å². The summed E-state index contributed by atoms with van der Waals surface area (Å²) in [6.45, 7) is 1.13. The highest BCUT2D eigenvalue weighted by atomic mass is 16.5. The second-order valence-corrected chi connectivity index (χ2v) is 4.13. The molecule has 0 N–H and O–H groups in total. The van der Waals surface area contributed by atoms with Crippen LogP contribution in [-0.4, -0.2) is 33.7 Å². The van der Waals surface area contributed by atoms with Crippen LogP contribution in [0.2, 0.25) is 0 Å². The Morgan fingerprint density at radius 2 is 1.59 bits per heavy atom. The summed E-state index contributed by atoms with van der Waals surface area (Å²) in [6.07, 6.45) is 2.39. The molecule has 0 aliphatic heterocycles. The minimum absolute atomic E-state index is 0.493. The fourth-order valence-electron chi connectivity index (χ4n) is 1.94. The molecular weight excluding hydrogens is 216 g/mol. The summed E-state index contributed by atoms with van der Waals surface area (Å²) in [5.74, 6) is 0. The highest BCUT2D eigenvalue weighted by molar-refractivity contribution is 5.68. The van der Waals surface area contributed by atoms with E-state index in [0.717, 1.165) is 11.8 Å². The molecule has 0 aromatic heterocycles. The van der Waals surface area contributed by atoms with Crippen LogP contribution >= 0.6 is 0 Å². The number of carbonyl (C=O) groups is 1. The molecule has 0 saturated heterocycles. The number of carbonyl (C=O) groups excluding carboxylic acids is 1. The van der Waals surface area contributed by atoms with Crippen LogP contribution in [0.3, 0.4) is 0 Å². The van der Waals surface area contributed by atoms with Crippen LogP contribution in [0.25, 0.3) is 0 Å². The van der Waals surface area contributed by atoms with Crippen LogP contribution in [0.5, 0.6) is 0 Å². The van der Waals surface area contributed by atoms with E-state index in [-0.39, 0.29) is 0 Å². The number of ether oxygens (including phenoxy) is 2. The van der Waals surface area contributed by atoms with Gasteiger partial charge in [0.25, 0.3) is 0 Å². The summed E-state index contributed by atoms with van der Waals surface area (Å²) in [7, 11) is 3.30. The predicted octanol–water partition coefficient (Wildman–Crippen LogP) is 2.20. The molecule has 0 spiro atoms. The van der Waals surface area contributed by atoms with E-state index in [2.05, 4.69) is 0 Å². The quantitative estimate of drug-likeness (QED) is 0.649. The van der Waals surface area contributed by atoms with Crippen molar-refractivity contribution in [3.63, 3.8) is 0 Å². The van der Waals surface area contributed by atoms with Gasteiger partial charge >= 0.3 is 0 Å². The van der Waals surface area contributed by atoms with E-state index in [1.807, 2.05) is 30.3 Å². The maximum absolute atomic E-state index is 11.5. The monoisotopic (exact) mass is 236 g/mol. The van der Waals surface area contributed by atoms with Crippen molar-refractivity contribution in [3.05, 3.63) is 35.9 Å². The Balaban J connectivity index is 2.93. The van der Waals surface area contributed by atoms with Gasteiger partial charge in [-0.05, 0) is 18.4 Å². The Bertz CT molecular complexity index is 313. The summed E-state index contributed by atoms with van der Waals surface area (Å²) in [4.78, 5) is 11.5. The molecule has 1 rings (SSSR count). The molecule has 1 aromatic rings. The zero-order chi connectivity index (χ0) is 12.6. The Kier molecular flexibility index (Phi) is 5.87. The van der Waals surface area contributed by atoms with Gasteiger partial charge in [-0.3, -0.25) is 0 Å². The van der Waals surface area contributed by atoms with Crippen LogP contribution in [0.15, 0.2) is 30.3 Å². The molecule has 0 heterocycles. The molecule has 0 unspecified atom stereocenters. The molecule has 0 fully saturated rings. The molecular formula is C14H20O3. The van der Waals surface area contributed by atoms with Gasteiger partial charge in [0.15, 0.2) is 0 Å². The fourth-order valence-corrected chi connectivity index (χ4v) is 1.94. The first-order valence-corrected chi connectivity index (χ1v) is 5.79. The van der Waals surface area contributed by atoms with Gasteiger partial charge in [0, 0.05) is 27.4 Å². The molecule has 0 amide bonds. The average Bonchev–Trinajstić information content (AvgIpc) is 2.41. The predicted molar refractivity (Wildman–Crippen MR) is 67.2 cm³/mol. The van der Waals surface area contributed by atoms with E-state index in [9.17, 15) is 4.79 Å². The first-order chi connectivity index (χ1) is 8.29. The van der Waals surface area contributed by atoms with Gasteiger partial charge in [-0.15, -0.1) is 0 Å². The lowest BCUT2D eigenvalue weighted by Crippen LogP contribution is -2.31. The first kappa shape index (κ1) is 13.9. The summed E-state index contributed by atoms with van der Waals surface area (Å²) < 4.78 is 10.2. The smallest absolute Gasteiger partial charge is 0.130 e. The molecule has 3 nitrogen and oxygen atoms in total. The molecule has 0 saturated carbocycles. The highest BCUT2D eigenvalue weighted by Crippen LogP contribution is 2.29. The minimum atomic E-state index is -0.493. The van der Waals surface area contributed by atoms with Crippen LogP contribution in [0.4, 0.5) is 0 Å². The standard InChI is InChI=1S/C14H20O3/c1-16-10-8-14(12-15,9-11-17-2)13-6-4-3-5-7-13/h3-7,12H,8-11H2,1-2H3. The lowest BCUT2D eigenvalue weighted by Gasteiger charge is -2.28. The van der Waals surface area contributed by atoms with E-state index in [0.29, 0.717) is 26.1 Å². The molecule has 17 heavy (non-hydrogen) atoms. The highest BCUT2D eigenvalue weighted by Gasteiger charge is 2.31. The van der Waals surface area contributed by atoms with Gasteiger partial charge in [-0.2, -0.15) is 0 Å². The van der Waals surface area contributed by atoms with Gasteiger partial charge in [0.1, 0.15) is 6.29 Å². The number of methoxy groups -OCH3 is 2. The molecule has 0 aliphatic rings. The van der Waals surface area contributed by atoms with Crippen LogP contribution in [0.1, 0.15) is 18.4 Å². The maximum atomic E-state index is 11.5. The van der Waals surface area contributed by atoms with Gasteiger partial charge in [0.05, 0.1) is 5.41 Å². The summed E-state index contributed by atoms with van der Waals surface area (Å²) in [6, 6.07) is 9.82. The van der Waals surface area contributed by atoms with E-state index >= 15 is 0 Å². The van der Waals surface area contributed by atoms with Crippen molar-refractivity contribution in [2.45, 2.75) is 18.3 Å². The van der Waals surface area contributed by atoms with Crippen molar-refractivity contribution in [2.24, 2.45) is 0 Å². The summed E-state index contributed by atoms with van der Waals surface area (Å²) in [5.41, 5.74) is 0.539. The fraction of sp³-hybridized carbons (Fsp3) is 0.500. The van der Waals surface area contributed by atoms with Gasteiger partial charge in [-0.25, -0.2) is 0 Å². The maximum Gasteiger partial charge on any atom is 0.130 e. The summed E-state index contributed by atoms with van der Waals surface area (Å²) >= 11 is 0. The zero-order valence-corrected chi connectivity index (χ0v) is 10.5. The number of hydrogen-bond acceptors (Lipinski definition) is 3. The third kappa shape index (κ3) is 3.65. The lowest BCUT2D eigenvalue weighted by molar-refractivity contribution is -0.114. The molecule has 0 bridgehead atoms. The normalized spacial score (nSPS) is 11.4. The van der Waals surface area contributed by atoms with Crippen molar-refractivity contribution in [3.8, 4) is 0 Å². The van der Waals surface area contributed by atoms with Crippen LogP contribution in [-0.2, 0) is 19.7 Å². The molecule has 1 aromatic carbocycles. The first-order valence-electron chi connectivity index (χ1n) is 5.79. The SMILES string of the molecule is COCCC(C=O)(CCOC)c1ccccc1. The molecule has 0 atom stereocenters. The van der Waals surface area contributed by atoms with Crippen LogP contribution < -0.4 is 0 Å². The zero-order valence-electron chi connectivity index (χ0n) is 10.5. The van der Waals surface area contributed by atoms with Crippen molar-refractivity contribution in [1.29, 1.82) is 0 Å². The van der Waals surface area contributed by atoms with Gasteiger partial charge in [0.2, 0.25) is 0 Å². The molecule has 3 heteroatoms. The third-order valence-electron chi connectivity index (χ3n) is 3.08. The van der Waals surface area contributed by atoms with Crippen molar-refractivity contribution in [1.82, 2.24) is 0 Å².